The van der Waals surface area contributed by atoms with Crippen molar-refractivity contribution in [1.82, 2.24) is 15.1 Å². The van der Waals surface area contributed by atoms with Gasteiger partial charge in [-0.2, -0.15) is 0 Å². The number of nitrogens with zero attached hydrogens (tertiary/aromatic N) is 2. The minimum Gasteiger partial charge on any atom is -0.341 e. The van der Waals surface area contributed by atoms with E-state index >= 15 is 0 Å². The highest BCUT2D eigenvalue weighted by Crippen LogP contribution is 2.32. The predicted molar refractivity (Wildman–Crippen MR) is 95.8 cm³/mol. The molecule has 1 saturated carbocycles. The lowest BCUT2D eigenvalue weighted by molar-refractivity contribution is -0.145. The number of halogens is 1. The van der Waals surface area contributed by atoms with Gasteiger partial charge in [-0.05, 0) is 38.8 Å². The van der Waals surface area contributed by atoms with Gasteiger partial charge in [0, 0.05) is 24.8 Å². The number of hydrogen-bond donors (Lipinski definition) is 1. The Morgan fingerprint density at radius 2 is 1.91 bits per heavy atom. The normalized spacial score (nSPS) is 28.2. The molecule has 5 nitrogen and oxygen atoms in total. The van der Waals surface area contributed by atoms with Gasteiger partial charge in [0.2, 0.25) is 11.8 Å². The van der Waals surface area contributed by atoms with E-state index in [4.69, 9.17) is 0 Å². The SMILES string of the molecule is CNCC1CCN(C(=O)C2CSCN2C(=O)C2CCCC2)C1.Cl. The highest BCUT2D eigenvalue weighted by molar-refractivity contribution is 7.99. The van der Waals surface area contributed by atoms with Gasteiger partial charge in [-0.25, -0.2) is 0 Å². The van der Waals surface area contributed by atoms with E-state index in [-0.39, 0.29) is 36.2 Å². The maximum absolute atomic E-state index is 12.8. The molecule has 1 N–H and O–H groups in total. The number of amides is 2. The van der Waals surface area contributed by atoms with Crippen LogP contribution < -0.4 is 5.32 Å². The highest BCUT2D eigenvalue weighted by Gasteiger charge is 2.41. The van der Waals surface area contributed by atoms with E-state index in [0.717, 1.165) is 57.5 Å². The number of rotatable bonds is 4. The summed E-state index contributed by atoms with van der Waals surface area (Å²) >= 11 is 1.72. The van der Waals surface area contributed by atoms with E-state index in [1.54, 1.807) is 11.8 Å². The minimum absolute atomic E-state index is 0. The summed E-state index contributed by atoms with van der Waals surface area (Å²) in [6.45, 7) is 2.65. The van der Waals surface area contributed by atoms with Crippen molar-refractivity contribution in [2.75, 3.05) is 38.3 Å². The molecule has 1 aliphatic carbocycles. The van der Waals surface area contributed by atoms with E-state index in [0.29, 0.717) is 11.8 Å². The van der Waals surface area contributed by atoms with Crippen LogP contribution in [0.2, 0.25) is 0 Å². The van der Waals surface area contributed by atoms with Crippen LogP contribution in [0.15, 0.2) is 0 Å². The van der Waals surface area contributed by atoms with Crippen LogP contribution in [-0.2, 0) is 9.59 Å². The van der Waals surface area contributed by atoms with Crippen LogP contribution in [0.4, 0.5) is 0 Å². The summed E-state index contributed by atoms with van der Waals surface area (Å²) < 4.78 is 0. The second-order valence-corrected chi connectivity index (χ2v) is 7.80. The molecule has 2 saturated heterocycles. The molecule has 0 bridgehead atoms. The van der Waals surface area contributed by atoms with E-state index in [9.17, 15) is 9.59 Å². The summed E-state index contributed by atoms with van der Waals surface area (Å²) in [5.74, 6) is 2.60. The molecule has 0 spiro atoms. The summed E-state index contributed by atoms with van der Waals surface area (Å²) in [6.07, 6.45) is 5.41. The van der Waals surface area contributed by atoms with Crippen molar-refractivity contribution in [2.45, 2.75) is 38.1 Å². The van der Waals surface area contributed by atoms with Crippen LogP contribution in [0, 0.1) is 11.8 Å². The largest absolute Gasteiger partial charge is 0.341 e. The summed E-state index contributed by atoms with van der Waals surface area (Å²) in [7, 11) is 1.96. The smallest absolute Gasteiger partial charge is 0.246 e. The van der Waals surface area contributed by atoms with Crippen LogP contribution in [0.5, 0.6) is 0 Å². The maximum Gasteiger partial charge on any atom is 0.246 e. The molecule has 7 heteroatoms. The van der Waals surface area contributed by atoms with Crippen LogP contribution in [0.3, 0.4) is 0 Å². The molecule has 23 heavy (non-hydrogen) atoms. The summed E-state index contributed by atoms with van der Waals surface area (Å²) in [4.78, 5) is 29.4. The van der Waals surface area contributed by atoms with Crippen molar-refractivity contribution >= 4 is 36.0 Å². The van der Waals surface area contributed by atoms with Gasteiger partial charge in [0.05, 0.1) is 5.88 Å². The Kier molecular flexibility index (Phi) is 7.04. The molecule has 2 aliphatic heterocycles. The lowest BCUT2D eigenvalue weighted by Crippen LogP contribution is -2.49. The second-order valence-electron chi connectivity index (χ2n) is 6.80. The van der Waals surface area contributed by atoms with Gasteiger partial charge in [-0.1, -0.05) is 12.8 Å². The Hall–Kier alpha value is -0.460. The molecule has 2 unspecified atom stereocenters. The average molecular weight is 362 g/mol. The average Bonchev–Trinajstić information content (AvgIpc) is 3.26. The summed E-state index contributed by atoms with van der Waals surface area (Å²) in [5.41, 5.74) is 0. The third-order valence-electron chi connectivity index (χ3n) is 5.25. The molecule has 2 amide bonds. The molecule has 3 rings (SSSR count). The summed E-state index contributed by atoms with van der Waals surface area (Å²) in [5, 5.41) is 3.20. The molecule has 2 heterocycles. The zero-order valence-electron chi connectivity index (χ0n) is 13.8. The zero-order valence-corrected chi connectivity index (χ0v) is 15.5. The third-order valence-corrected chi connectivity index (χ3v) is 6.26. The fourth-order valence-electron chi connectivity index (χ4n) is 3.97. The Balaban J connectivity index is 0.00000192. The monoisotopic (exact) mass is 361 g/mol. The Morgan fingerprint density at radius 1 is 1.17 bits per heavy atom. The minimum atomic E-state index is -0.216. The van der Waals surface area contributed by atoms with Crippen molar-refractivity contribution < 1.29 is 9.59 Å². The van der Waals surface area contributed by atoms with Crippen molar-refractivity contribution in [3.63, 3.8) is 0 Å². The molecule has 2 atom stereocenters. The first-order chi connectivity index (χ1) is 10.7. The van der Waals surface area contributed by atoms with Crippen molar-refractivity contribution in [3.05, 3.63) is 0 Å². The summed E-state index contributed by atoms with van der Waals surface area (Å²) in [6, 6.07) is -0.216. The van der Waals surface area contributed by atoms with Crippen LogP contribution >= 0.6 is 24.2 Å². The lowest BCUT2D eigenvalue weighted by atomic mass is 10.1. The molecule has 0 aromatic rings. The van der Waals surface area contributed by atoms with E-state index in [1.165, 1.54) is 0 Å². The first kappa shape index (κ1) is 18.9. The first-order valence-corrected chi connectivity index (χ1v) is 9.67. The number of likely N-dealkylation sites (tertiary alicyclic amines) is 1. The molecule has 0 radical (unpaired) electrons. The molecule has 0 aromatic heterocycles. The lowest BCUT2D eigenvalue weighted by Gasteiger charge is -2.29. The van der Waals surface area contributed by atoms with Gasteiger partial charge in [0.15, 0.2) is 0 Å². The topological polar surface area (TPSA) is 52.7 Å². The van der Waals surface area contributed by atoms with E-state index in [1.807, 2.05) is 16.8 Å². The Bertz CT molecular complexity index is 432. The third kappa shape index (κ3) is 4.15. The van der Waals surface area contributed by atoms with Gasteiger partial charge in [0.25, 0.3) is 0 Å². The van der Waals surface area contributed by atoms with Gasteiger partial charge < -0.3 is 15.1 Å². The predicted octanol–water partition coefficient (Wildman–Crippen LogP) is 1.57. The van der Waals surface area contributed by atoms with Crippen LogP contribution in [-0.4, -0.2) is 66.0 Å². The van der Waals surface area contributed by atoms with Crippen molar-refractivity contribution in [2.24, 2.45) is 11.8 Å². The highest BCUT2D eigenvalue weighted by atomic mass is 35.5. The van der Waals surface area contributed by atoms with Gasteiger partial charge >= 0.3 is 0 Å². The van der Waals surface area contributed by atoms with Crippen molar-refractivity contribution in [3.8, 4) is 0 Å². The second kappa shape index (κ2) is 8.58. The van der Waals surface area contributed by atoms with E-state index in [2.05, 4.69) is 5.32 Å². The van der Waals surface area contributed by atoms with Crippen LogP contribution in [0.25, 0.3) is 0 Å². The van der Waals surface area contributed by atoms with Gasteiger partial charge in [0.1, 0.15) is 6.04 Å². The quantitative estimate of drug-likeness (QED) is 0.825. The van der Waals surface area contributed by atoms with Gasteiger partial charge in [-0.3, -0.25) is 9.59 Å². The molecular weight excluding hydrogens is 334 g/mol. The number of hydrogen-bond acceptors (Lipinski definition) is 4. The standard InChI is InChI=1S/C16H27N3O2S.ClH/c1-17-8-12-6-7-18(9-12)16(21)14-10-22-11-19(14)15(20)13-4-2-3-5-13;/h12-14,17H,2-11H2,1H3;1H. The number of carbonyl (C=O) groups excluding carboxylic acids is 2. The van der Waals surface area contributed by atoms with Crippen molar-refractivity contribution in [1.29, 1.82) is 0 Å². The fraction of sp³-hybridized carbons (Fsp3) is 0.875. The molecule has 3 aliphatic rings. The molecule has 132 valence electrons. The molecule has 0 aromatic carbocycles. The number of carbonyl (C=O) groups is 2. The Morgan fingerprint density at radius 3 is 2.61 bits per heavy atom. The Labute approximate surface area is 149 Å². The number of thioether (sulfide) groups is 1. The van der Waals surface area contributed by atoms with E-state index < -0.39 is 0 Å². The number of nitrogens with one attached hydrogen (secondary N) is 1. The first-order valence-electron chi connectivity index (χ1n) is 8.52. The van der Waals surface area contributed by atoms with Gasteiger partial charge in [-0.15, -0.1) is 24.2 Å². The van der Waals surface area contributed by atoms with Crippen LogP contribution in [0.1, 0.15) is 32.1 Å². The maximum atomic E-state index is 12.8. The zero-order chi connectivity index (χ0) is 15.5. The molecule has 3 fully saturated rings. The molecular formula is C16H28ClN3O2S. The fourth-order valence-corrected chi connectivity index (χ4v) is 5.13.